The zero-order valence-corrected chi connectivity index (χ0v) is 10.7. The average Bonchev–Trinajstić information content (AvgIpc) is 2.98. The lowest BCUT2D eigenvalue weighted by molar-refractivity contribution is 0.605. The number of aromatic nitrogens is 4. The Labute approximate surface area is 109 Å². The normalized spacial score (nSPS) is 20.5. The lowest BCUT2D eigenvalue weighted by Gasteiger charge is -2.10. The first-order valence-corrected chi connectivity index (χ1v) is 7.37. The van der Waals surface area contributed by atoms with Crippen molar-refractivity contribution in [2.75, 3.05) is 11.1 Å². The van der Waals surface area contributed by atoms with Gasteiger partial charge in [-0.25, -0.2) is 8.42 Å². The maximum Gasteiger partial charge on any atom is 0.248 e. The van der Waals surface area contributed by atoms with E-state index in [1.54, 1.807) is 6.08 Å². The number of tetrazole rings is 1. The van der Waals surface area contributed by atoms with Crippen LogP contribution in [-0.2, 0) is 9.84 Å². The van der Waals surface area contributed by atoms with Crippen molar-refractivity contribution in [3.8, 4) is 5.69 Å². The van der Waals surface area contributed by atoms with Gasteiger partial charge < -0.3 is 5.32 Å². The standard InChI is InChI=1S/C11H11N5O2S/c17-19(18)7-6-9(8-19)12-11-13-14-15-16(11)10-4-2-1-3-5-10/h1-7,9H,8H2,(H,12,13,15). The third kappa shape index (κ3) is 2.48. The molecule has 1 unspecified atom stereocenters. The van der Waals surface area contributed by atoms with E-state index in [2.05, 4.69) is 20.8 Å². The van der Waals surface area contributed by atoms with Gasteiger partial charge in [-0.15, -0.1) is 0 Å². The van der Waals surface area contributed by atoms with E-state index in [0.717, 1.165) is 5.69 Å². The summed E-state index contributed by atoms with van der Waals surface area (Å²) in [6.07, 6.45) is 1.60. The average molecular weight is 277 g/mol. The van der Waals surface area contributed by atoms with E-state index in [-0.39, 0.29) is 11.8 Å². The molecular weight excluding hydrogens is 266 g/mol. The highest BCUT2D eigenvalue weighted by atomic mass is 32.2. The van der Waals surface area contributed by atoms with E-state index in [1.807, 2.05) is 30.3 Å². The fourth-order valence-corrected chi connectivity index (χ4v) is 3.09. The zero-order valence-electron chi connectivity index (χ0n) is 9.84. The van der Waals surface area contributed by atoms with Crippen molar-refractivity contribution in [1.29, 1.82) is 0 Å². The highest BCUT2D eigenvalue weighted by Crippen LogP contribution is 2.15. The summed E-state index contributed by atoms with van der Waals surface area (Å²) in [5.41, 5.74) is 0.805. The number of rotatable bonds is 3. The maximum absolute atomic E-state index is 11.3. The second-order valence-corrected chi connectivity index (χ2v) is 6.09. The van der Waals surface area contributed by atoms with Gasteiger partial charge in [0.1, 0.15) is 0 Å². The fraction of sp³-hybridized carbons (Fsp3) is 0.182. The molecule has 19 heavy (non-hydrogen) atoms. The van der Waals surface area contributed by atoms with E-state index < -0.39 is 9.84 Å². The number of hydrogen-bond donors (Lipinski definition) is 1. The first-order valence-electron chi connectivity index (χ1n) is 5.65. The first kappa shape index (κ1) is 11.8. The number of benzene rings is 1. The molecular formula is C11H11N5O2S. The predicted octanol–water partition coefficient (Wildman–Crippen LogP) is 0.385. The lowest BCUT2D eigenvalue weighted by atomic mass is 10.3. The summed E-state index contributed by atoms with van der Waals surface area (Å²) in [6.45, 7) is 0. The third-order valence-corrected chi connectivity index (χ3v) is 4.11. The SMILES string of the molecule is O=S1(=O)C=CC(Nc2nnnn2-c2ccccc2)C1. The van der Waals surface area contributed by atoms with Crippen molar-refractivity contribution in [3.63, 3.8) is 0 Å². The van der Waals surface area contributed by atoms with Gasteiger partial charge in [0.2, 0.25) is 5.95 Å². The molecule has 1 aliphatic rings. The summed E-state index contributed by atoms with van der Waals surface area (Å²) in [4.78, 5) is 0. The first-order chi connectivity index (χ1) is 9.14. The van der Waals surface area contributed by atoms with Gasteiger partial charge in [0, 0.05) is 5.41 Å². The molecule has 0 bridgehead atoms. The van der Waals surface area contributed by atoms with E-state index >= 15 is 0 Å². The van der Waals surface area contributed by atoms with Crippen molar-refractivity contribution >= 4 is 15.8 Å². The Kier molecular flexibility index (Phi) is 2.79. The van der Waals surface area contributed by atoms with Gasteiger partial charge >= 0.3 is 0 Å². The van der Waals surface area contributed by atoms with Crippen LogP contribution in [-0.4, -0.2) is 40.4 Å². The van der Waals surface area contributed by atoms with Crippen LogP contribution in [0.15, 0.2) is 41.8 Å². The lowest BCUT2D eigenvalue weighted by Crippen LogP contribution is -2.23. The van der Waals surface area contributed by atoms with Crippen LogP contribution in [0.4, 0.5) is 5.95 Å². The fourth-order valence-electron chi connectivity index (χ4n) is 1.85. The van der Waals surface area contributed by atoms with Gasteiger partial charge in [-0.05, 0) is 28.6 Å². The highest BCUT2D eigenvalue weighted by Gasteiger charge is 2.23. The van der Waals surface area contributed by atoms with Gasteiger partial charge in [-0.3, -0.25) is 0 Å². The minimum absolute atomic E-state index is 0.0225. The van der Waals surface area contributed by atoms with Gasteiger partial charge in [0.05, 0.1) is 17.5 Å². The van der Waals surface area contributed by atoms with E-state index in [4.69, 9.17) is 0 Å². The number of anilines is 1. The van der Waals surface area contributed by atoms with Crippen LogP contribution in [0.5, 0.6) is 0 Å². The largest absolute Gasteiger partial charge is 0.345 e. The molecule has 1 aromatic carbocycles. The molecule has 0 radical (unpaired) electrons. The second-order valence-electron chi connectivity index (χ2n) is 4.16. The minimum atomic E-state index is -3.10. The quantitative estimate of drug-likeness (QED) is 0.872. The van der Waals surface area contributed by atoms with Crippen molar-refractivity contribution in [2.24, 2.45) is 0 Å². The molecule has 2 heterocycles. The Balaban J connectivity index is 1.84. The molecule has 0 amide bonds. The van der Waals surface area contributed by atoms with E-state index in [1.165, 1.54) is 10.1 Å². The molecule has 3 rings (SSSR count). The molecule has 7 nitrogen and oxygen atoms in total. The second kappa shape index (κ2) is 4.47. The van der Waals surface area contributed by atoms with Crippen molar-refractivity contribution in [1.82, 2.24) is 20.2 Å². The van der Waals surface area contributed by atoms with Crippen LogP contribution >= 0.6 is 0 Å². The van der Waals surface area contributed by atoms with Crippen LogP contribution in [0.2, 0.25) is 0 Å². The zero-order chi connectivity index (χ0) is 13.3. The Bertz CT molecular complexity index is 708. The van der Waals surface area contributed by atoms with Crippen molar-refractivity contribution < 1.29 is 8.42 Å². The van der Waals surface area contributed by atoms with Gasteiger partial charge in [-0.1, -0.05) is 23.3 Å². The summed E-state index contributed by atoms with van der Waals surface area (Å²) in [6, 6.07) is 9.07. The topological polar surface area (TPSA) is 89.8 Å². The number of sulfone groups is 1. The molecule has 0 saturated heterocycles. The molecule has 0 saturated carbocycles. The number of para-hydroxylation sites is 1. The van der Waals surface area contributed by atoms with E-state index in [0.29, 0.717) is 5.95 Å². The Hall–Kier alpha value is -2.22. The summed E-state index contributed by atoms with van der Waals surface area (Å²) >= 11 is 0. The van der Waals surface area contributed by atoms with Crippen molar-refractivity contribution in [3.05, 3.63) is 41.8 Å². The molecule has 1 atom stereocenters. The predicted molar refractivity (Wildman–Crippen MR) is 69.5 cm³/mol. The molecule has 1 aromatic heterocycles. The molecule has 98 valence electrons. The molecule has 0 fully saturated rings. The molecule has 8 heteroatoms. The summed E-state index contributed by atoms with van der Waals surface area (Å²) < 4.78 is 24.2. The maximum atomic E-state index is 11.3. The number of nitrogens with one attached hydrogen (secondary N) is 1. The number of nitrogens with zero attached hydrogens (tertiary/aromatic N) is 4. The van der Waals surface area contributed by atoms with Crippen LogP contribution < -0.4 is 5.32 Å². The van der Waals surface area contributed by atoms with Crippen LogP contribution in [0.25, 0.3) is 5.69 Å². The molecule has 1 N–H and O–H groups in total. The number of hydrogen-bond acceptors (Lipinski definition) is 6. The Morgan fingerprint density at radius 3 is 2.74 bits per heavy atom. The minimum Gasteiger partial charge on any atom is -0.345 e. The monoisotopic (exact) mass is 277 g/mol. The molecule has 1 aliphatic heterocycles. The Morgan fingerprint density at radius 2 is 2.05 bits per heavy atom. The van der Waals surface area contributed by atoms with Crippen LogP contribution in [0.1, 0.15) is 0 Å². The van der Waals surface area contributed by atoms with Crippen LogP contribution in [0.3, 0.4) is 0 Å². The third-order valence-electron chi connectivity index (χ3n) is 2.71. The molecule has 2 aromatic rings. The van der Waals surface area contributed by atoms with Gasteiger partial charge in [0.15, 0.2) is 9.84 Å². The summed E-state index contributed by atoms with van der Waals surface area (Å²) in [5.74, 6) is 0.437. The summed E-state index contributed by atoms with van der Waals surface area (Å²) in [7, 11) is -3.10. The van der Waals surface area contributed by atoms with Gasteiger partial charge in [0.25, 0.3) is 0 Å². The smallest absolute Gasteiger partial charge is 0.248 e. The van der Waals surface area contributed by atoms with Crippen LogP contribution in [0, 0.1) is 0 Å². The van der Waals surface area contributed by atoms with E-state index in [9.17, 15) is 8.42 Å². The molecule has 0 aliphatic carbocycles. The Morgan fingerprint density at radius 1 is 1.26 bits per heavy atom. The van der Waals surface area contributed by atoms with Gasteiger partial charge in [-0.2, -0.15) is 4.68 Å². The highest BCUT2D eigenvalue weighted by molar-refractivity contribution is 7.94. The summed E-state index contributed by atoms with van der Waals surface area (Å²) in [5, 5.41) is 15.6. The molecule has 0 spiro atoms. The van der Waals surface area contributed by atoms with Crippen molar-refractivity contribution in [2.45, 2.75) is 6.04 Å².